The number of sulfone groups is 1. The molecule has 4 aromatic carbocycles. The van der Waals surface area contributed by atoms with Crippen molar-refractivity contribution >= 4 is 32.6 Å². The Labute approximate surface area is 200 Å². The molecule has 35 heavy (non-hydrogen) atoms. The summed E-state index contributed by atoms with van der Waals surface area (Å²) in [6.45, 7) is 0. The van der Waals surface area contributed by atoms with Gasteiger partial charge >= 0.3 is 0 Å². The van der Waals surface area contributed by atoms with Crippen LogP contribution in [-0.4, -0.2) is 28.8 Å². The highest BCUT2D eigenvalue weighted by Crippen LogP contribution is 2.46. The number of phenolic OH excluding ortho intramolecular Hbond substituents is 4. The van der Waals surface area contributed by atoms with Crippen LogP contribution in [0.3, 0.4) is 0 Å². The van der Waals surface area contributed by atoms with Gasteiger partial charge in [0.1, 0.15) is 32.8 Å². The van der Waals surface area contributed by atoms with Gasteiger partial charge in [0.2, 0.25) is 9.84 Å². The van der Waals surface area contributed by atoms with Crippen molar-refractivity contribution in [1.29, 1.82) is 0 Å². The van der Waals surface area contributed by atoms with Crippen LogP contribution < -0.4 is 22.9 Å². The maximum atomic E-state index is 14.1. The van der Waals surface area contributed by atoms with Gasteiger partial charge in [0.15, 0.2) is 0 Å². The van der Waals surface area contributed by atoms with Crippen molar-refractivity contribution in [3.05, 3.63) is 60.7 Å². The van der Waals surface area contributed by atoms with Gasteiger partial charge in [0.05, 0.1) is 22.7 Å². The van der Waals surface area contributed by atoms with E-state index in [0.29, 0.717) is 11.1 Å². The summed E-state index contributed by atoms with van der Waals surface area (Å²) in [6.07, 6.45) is 0. The number of rotatable bonds is 4. The zero-order chi connectivity index (χ0) is 25.7. The minimum absolute atomic E-state index is 0.00498. The number of aromatic hydroxyl groups is 4. The van der Waals surface area contributed by atoms with E-state index >= 15 is 0 Å². The van der Waals surface area contributed by atoms with Gasteiger partial charge in [-0.25, -0.2) is 8.42 Å². The summed E-state index contributed by atoms with van der Waals surface area (Å²) in [5.74, 6) is -1.38. The molecule has 12 N–H and O–H groups in total. The van der Waals surface area contributed by atoms with E-state index in [9.17, 15) is 28.8 Å². The van der Waals surface area contributed by atoms with Crippen molar-refractivity contribution in [2.75, 3.05) is 22.9 Å². The maximum Gasteiger partial charge on any atom is 0.212 e. The smallest absolute Gasteiger partial charge is 0.212 e. The van der Waals surface area contributed by atoms with E-state index in [1.54, 1.807) is 0 Å². The van der Waals surface area contributed by atoms with Gasteiger partial charge in [-0.05, 0) is 59.7 Å². The second-order valence-corrected chi connectivity index (χ2v) is 9.62. The van der Waals surface area contributed by atoms with E-state index in [0.717, 1.165) is 0 Å². The van der Waals surface area contributed by atoms with Gasteiger partial charge in [-0.3, -0.25) is 0 Å². The lowest BCUT2D eigenvalue weighted by Gasteiger charge is -2.19. The molecule has 0 spiro atoms. The molecule has 0 unspecified atom stereocenters. The van der Waals surface area contributed by atoms with Crippen molar-refractivity contribution in [3.63, 3.8) is 0 Å². The molecule has 0 saturated heterocycles. The van der Waals surface area contributed by atoms with Crippen molar-refractivity contribution < 1.29 is 28.8 Å². The first kappa shape index (κ1) is 23.4. The largest absolute Gasteiger partial charge is 0.506 e. The quantitative estimate of drug-likeness (QED) is 0.153. The fourth-order valence-corrected chi connectivity index (χ4v) is 5.70. The Morgan fingerprint density at radius 3 is 1.20 bits per heavy atom. The lowest BCUT2D eigenvalue weighted by molar-refractivity contribution is 0.475. The van der Waals surface area contributed by atoms with Crippen LogP contribution in [0.15, 0.2) is 70.5 Å². The zero-order valence-electron chi connectivity index (χ0n) is 18.1. The minimum atomic E-state index is -4.63. The monoisotopic (exact) mass is 494 g/mol. The summed E-state index contributed by atoms with van der Waals surface area (Å²) in [5.41, 5.74) is 23.6. The number of benzene rings is 4. The Balaban J connectivity index is 2.08. The lowest BCUT2D eigenvalue weighted by atomic mass is 10.0. The molecule has 0 aliphatic carbocycles. The molecular formula is C24H22N4O6S. The predicted octanol–water partition coefficient (Wildman–Crippen LogP) is 3.00. The summed E-state index contributed by atoms with van der Waals surface area (Å²) in [4.78, 5) is -0.958. The van der Waals surface area contributed by atoms with Crippen molar-refractivity contribution in [2.24, 2.45) is 0 Å². The van der Waals surface area contributed by atoms with Crippen molar-refractivity contribution in [3.8, 4) is 45.3 Å². The lowest BCUT2D eigenvalue weighted by Crippen LogP contribution is -2.12. The Hall–Kier alpha value is -4.77. The van der Waals surface area contributed by atoms with Crippen LogP contribution >= 0.6 is 0 Å². The topological polar surface area (TPSA) is 219 Å². The number of nitrogens with two attached hydrogens (primary N) is 4. The van der Waals surface area contributed by atoms with E-state index in [-0.39, 0.29) is 34.0 Å². The molecule has 4 aromatic rings. The Morgan fingerprint density at radius 1 is 0.514 bits per heavy atom. The van der Waals surface area contributed by atoms with Crippen LogP contribution in [0.1, 0.15) is 0 Å². The highest BCUT2D eigenvalue weighted by atomic mass is 32.2. The first-order valence-electron chi connectivity index (χ1n) is 10.1. The average Bonchev–Trinajstić information content (AvgIpc) is 2.80. The number of nitrogen functional groups attached to an aromatic ring is 4. The average molecular weight is 495 g/mol. The van der Waals surface area contributed by atoms with Crippen molar-refractivity contribution in [1.82, 2.24) is 0 Å². The SMILES string of the molecule is Nc1cc(-c2ccc(O)c(N)c2S(=O)(=O)c2c(-c3ccc(O)c(N)c3)ccc(O)c2N)ccc1O. The second-order valence-electron chi connectivity index (χ2n) is 7.80. The zero-order valence-corrected chi connectivity index (χ0v) is 18.9. The Bertz CT molecular complexity index is 1490. The fourth-order valence-electron chi connectivity index (χ4n) is 3.76. The molecule has 0 aliphatic rings. The normalized spacial score (nSPS) is 11.4. The molecule has 0 radical (unpaired) electrons. The Kier molecular flexibility index (Phi) is 5.49. The summed E-state index contributed by atoms with van der Waals surface area (Å²) in [7, 11) is -4.63. The minimum Gasteiger partial charge on any atom is -0.506 e. The fraction of sp³-hybridized carbons (Fsp3) is 0. The highest BCUT2D eigenvalue weighted by Gasteiger charge is 2.32. The maximum absolute atomic E-state index is 14.1. The molecule has 0 fully saturated rings. The highest BCUT2D eigenvalue weighted by molar-refractivity contribution is 7.92. The van der Waals surface area contributed by atoms with Gasteiger partial charge in [0.25, 0.3) is 0 Å². The molecule has 0 atom stereocenters. The molecule has 0 amide bonds. The van der Waals surface area contributed by atoms with Gasteiger partial charge in [-0.15, -0.1) is 0 Å². The summed E-state index contributed by atoms with van der Waals surface area (Å²) in [6, 6.07) is 13.3. The molecule has 0 saturated carbocycles. The van der Waals surface area contributed by atoms with Crippen LogP contribution in [0.25, 0.3) is 22.3 Å². The third-order valence-corrected chi connectivity index (χ3v) is 7.52. The van der Waals surface area contributed by atoms with Crippen LogP contribution in [0.5, 0.6) is 23.0 Å². The first-order chi connectivity index (χ1) is 16.4. The third-order valence-electron chi connectivity index (χ3n) is 5.56. The van der Waals surface area contributed by atoms with E-state index in [4.69, 9.17) is 22.9 Å². The number of phenols is 4. The summed E-state index contributed by atoms with van der Waals surface area (Å²) in [5, 5.41) is 40.1. The van der Waals surface area contributed by atoms with Crippen LogP contribution in [-0.2, 0) is 9.84 Å². The van der Waals surface area contributed by atoms with E-state index in [1.165, 1.54) is 60.7 Å². The van der Waals surface area contributed by atoms with Gasteiger partial charge in [0, 0.05) is 11.1 Å². The molecule has 0 aromatic heterocycles. The molecule has 10 nitrogen and oxygen atoms in total. The molecular weight excluding hydrogens is 472 g/mol. The third kappa shape index (κ3) is 3.83. The molecule has 11 heteroatoms. The van der Waals surface area contributed by atoms with Gasteiger partial charge in [-0.1, -0.05) is 12.1 Å². The summed E-state index contributed by atoms with van der Waals surface area (Å²) >= 11 is 0. The predicted molar refractivity (Wildman–Crippen MR) is 134 cm³/mol. The van der Waals surface area contributed by atoms with Gasteiger partial charge in [-0.2, -0.15) is 0 Å². The van der Waals surface area contributed by atoms with Gasteiger partial charge < -0.3 is 43.4 Å². The molecule has 180 valence electrons. The van der Waals surface area contributed by atoms with Crippen molar-refractivity contribution in [2.45, 2.75) is 9.79 Å². The van der Waals surface area contributed by atoms with E-state index in [1.807, 2.05) is 0 Å². The molecule has 0 bridgehead atoms. The van der Waals surface area contributed by atoms with Crippen LogP contribution in [0, 0.1) is 0 Å². The van der Waals surface area contributed by atoms with Crippen LogP contribution in [0.2, 0.25) is 0 Å². The van der Waals surface area contributed by atoms with E-state index < -0.39 is 42.5 Å². The second kappa shape index (κ2) is 8.22. The molecule has 4 rings (SSSR count). The molecule has 0 aliphatic heterocycles. The van der Waals surface area contributed by atoms with Crippen LogP contribution in [0.4, 0.5) is 22.7 Å². The first-order valence-corrected chi connectivity index (χ1v) is 11.6. The number of anilines is 4. The number of hydrogen-bond donors (Lipinski definition) is 8. The number of hydrogen-bond acceptors (Lipinski definition) is 10. The standard InChI is InChI=1S/C24H22N4O6S/c25-15-9-11(1-5-17(15)29)13-3-7-19(31)21(27)23(13)35(33,34)24-14(4-8-20(32)22(24)28)12-2-6-18(30)16(26)10-12/h1-10,29-32H,25-28H2. The Morgan fingerprint density at radius 2 is 0.857 bits per heavy atom. The molecule has 0 heterocycles. The van der Waals surface area contributed by atoms with E-state index in [2.05, 4.69) is 0 Å². The summed E-state index contributed by atoms with van der Waals surface area (Å²) < 4.78 is 28.3.